The predicted octanol–water partition coefficient (Wildman–Crippen LogP) is 12.0. The molecule has 0 unspecified atom stereocenters. The largest absolute Gasteiger partial charge is 0.456 e. The summed E-state index contributed by atoms with van der Waals surface area (Å²) in [5, 5.41) is 2.30. The first-order valence-electron chi connectivity index (χ1n) is 15.8. The lowest BCUT2D eigenvalue weighted by atomic mass is 9.89. The maximum Gasteiger partial charge on any atom is 0.136 e. The van der Waals surface area contributed by atoms with Gasteiger partial charge >= 0.3 is 0 Å². The Morgan fingerprint density at radius 3 is 2.11 bits per heavy atom. The van der Waals surface area contributed by atoms with E-state index in [2.05, 4.69) is 114 Å². The minimum absolute atomic E-state index is 0.916. The van der Waals surface area contributed by atoms with Crippen molar-refractivity contribution < 1.29 is 4.42 Å². The highest BCUT2D eigenvalue weighted by Gasteiger charge is 2.18. The Hall–Kier alpha value is -5.45. The van der Waals surface area contributed by atoms with Gasteiger partial charge in [-0.15, -0.1) is 0 Å². The third kappa shape index (κ3) is 5.51. The van der Waals surface area contributed by atoms with Crippen LogP contribution in [0.1, 0.15) is 23.6 Å². The maximum atomic E-state index is 6.24. The lowest BCUT2D eigenvalue weighted by molar-refractivity contribution is 0.669. The second kappa shape index (κ2) is 12.4. The monoisotopic (exact) mass is 624 g/mol. The van der Waals surface area contributed by atoms with Crippen molar-refractivity contribution in [3.8, 4) is 44.5 Å². The van der Waals surface area contributed by atoms with Gasteiger partial charge in [0.1, 0.15) is 11.2 Å². The zero-order valence-corrected chi connectivity index (χ0v) is 26.9. The van der Waals surface area contributed by atoms with Crippen molar-refractivity contribution in [1.82, 2.24) is 4.98 Å². The van der Waals surface area contributed by atoms with Crippen LogP contribution >= 0.6 is 11.8 Å². The van der Waals surface area contributed by atoms with Gasteiger partial charge in [-0.2, -0.15) is 11.8 Å². The van der Waals surface area contributed by atoms with Gasteiger partial charge in [-0.05, 0) is 129 Å². The fourth-order valence-electron chi connectivity index (χ4n) is 6.59. The zero-order chi connectivity index (χ0) is 31.7. The lowest BCUT2D eigenvalue weighted by Gasteiger charge is -2.15. The minimum atomic E-state index is 0.916. The first-order valence-corrected chi connectivity index (χ1v) is 16.9. The number of para-hydroxylation sites is 1. The molecule has 1 aliphatic heterocycles. The Morgan fingerprint density at radius 2 is 1.38 bits per heavy atom. The van der Waals surface area contributed by atoms with Gasteiger partial charge in [-0.25, -0.2) is 0 Å². The summed E-state index contributed by atoms with van der Waals surface area (Å²) in [4.78, 5) is 8.51. The van der Waals surface area contributed by atoms with Crippen LogP contribution in [0.5, 0.6) is 0 Å². The molecular weight excluding hydrogens is 593 g/mol. The van der Waals surface area contributed by atoms with Gasteiger partial charge in [0, 0.05) is 46.4 Å². The molecule has 0 spiro atoms. The summed E-state index contributed by atoms with van der Waals surface area (Å²) in [5.74, 6) is 1.96. The summed E-state index contributed by atoms with van der Waals surface area (Å²) >= 11 is 1.97. The third-order valence-electron chi connectivity index (χ3n) is 8.91. The van der Waals surface area contributed by atoms with Crippen molar-refractivity contribution in [2.75, 3.05) is 0 Å². The van der Waals surface area contributed by atoms with Crippen LogP contribution in [0.15, 0.2) is 149 Å². The minimum Gasteiger partial charge on any atom is -0.456 e. The third-order valence-corrected chi connectivity index (χ3v) is 9.94. The molecule has 226 valence electrons. The molecule has 0 N–H and O–H groups in total. The molecule has 3 heterocycles. The fraction of sp³-hybridized carbons (Fsp3) is 0.0698. The molecule has 8 rings (SSSR count). The van der Waals surface area contributed by atoms with Gasteiger partial charge in [0.25, 0.3) is 0 Å². The molecule has 2 aromatic heterocycles. The van der Waals surface area contributed by atoms with E-state index in [1.54, 1.807) is 0 Å². The quantitative estimate of drug-likeness (QED) is 0.136. The molecule has 0 saturated carbocycles. The van der Waals surface area contributed by atoms with Crippen LogP contribution in [0, 0.1) is 0 Å². The summed E-state index contributed by atoms with van der Waals surface area (Å²) in [6, 6.07) is 39.5. The van der Waals surface area contributed by atoms with Crippen molar-refractivity contribution in [3.63, 3.8) is 0 Å². The maximum absolute atomic E-state index is 6.24. The Balaban J connectivity index is 1.26. The smallest absolute Gasteiger partial charge is 0.136 e. The number of fused-ring (bicyclic) bond motifs is 6. The molecule has 7 aromatic rings. The molecule has 4 heteroatoms. The Bertz CT molecular complexity index is 2360. The fourth-order valence-corrected chi connectivity index (χ4v) is 7.64. The van der Waals surface area contributed by atoms with Gasteiger partial charge in [-0.3, -0.25) is 9.98 Å². The molecule has 0 fully saturated rings. The van der Waals surface area contributed by atoms with E-state index in [4.69, 9.17) is 4.42 Å². The summed E-state index contributed by atoms with van der Waals surface area (Å²) in [6.45, 7) is 5.75. The van der Waals surface area contributed by atoms with Gasteiger partial charge in [0.05, 0.1) is 0 Å². The van der Waals surface area contributed by atoms with E-state index in [0.29, 0.717) is 0 Å². The number of furan rings is 1. The first kappa shape index (κ1) is 29.0. The van der Waals surface area contributed by atoms with E-state index in [0.717, 1.165) is 66.8 Å². The van der Waals surface area contributed by atoms with E-state index in [1.165, 1.54) is 33.4 Å². The average molecular weight is 625 g/mol. The van der Waals surface area contributed by atoms with Crippen LogP contribution < -0.4 is 0 Å². The van der Waals surface area contributed by atoms with E-state index >= 15 is 0 Å². The van der Waals surface area contributed by atoms with E-state index in [1.807, 2.05) is 61.6 Å². The van der Waals surface area contributed by atoms with Gasteiger partial charge in [-0.1, -0.05) is 66.7 Å². The van der Waals surface area contributed by atoms with E-state index in [-0.39, 0.29) is 0 Å². The number of hydrogen-bond acceptors (Lipinski definition) is 4. The van der Waals surface area contributed by atoms with E-state index in [9.17, 15) is 0 Å². The number of benzene rings is 5. The van der Waals surface area contributed by atoms with Crippen molar-refractivity contribution >= 4 is 46.0 Å². The number of thioether (sulfide) groups is 1. The number of allylic oxidation sites excluding steroid dienone is 3. The van der Waals surface area contributed by atoms with Crippen molar-refractivity contribution in [2.24, 2.45) is 4.99 Å². The Labute approximate surface area is 279 Å². The second-order valence-electron chi connectivity index (χ2n) is 11.9. The molecule has 0 bridgehead atoms. The van der Waals surface area contributed by atoms with E-state index < -0.39 is 0 Å². The normalized spacial score (nSPS) is 13.1. The van der Waals surface area contributed by atoms with Crippen molar-refractivity contribution in [2.45, 2.75) is 18.4 Å². The standard InChI is InChI=1S/C43H32N2OS/c1-3-7-31(24-44-2)36-18-35(19-37(20-36)32-8-6-17-45-25-32)29-12-14-34-27-47-26-33-13-11-28(21-40(33)41(34)22-29)30-15-16-39-38-9-4-5-10-42(38)46-43(39)23-30/h3-25H,2,26-27H2,1H3/b7-3-,31-24+. The molecule has 0 aliphatic carbocycles. The summed E-state index contributed by atoms with van der Waals surface area (Å²) in [6.07, 6.45) is 9.67. The predicted molar refractivity (Wildman–Crippen MR) is 201 cm³/mol. The number of aliphatic imine (C=N–C) groups is 1. The summed E-state index contributed by atoms with van der Waals surface area (Å²) in [7, 11) is 0. The van der Waals surface area contributed by atoms with Crippen LogP contribution in [0.4, 0.5) is 0 Å². The molecule has 0 saturated heterocycles. The summed E-state index contributed by atoms with van der Waals surface area (Å²) < 4.78 is 6.24. The second-order valence-corrected chi connectivity index (χ2v) is 12.8. The first-order chi connectivity index (χ1) is 23.2. The Kier molecular flexibility index (Phi) is 7.64. The van der Waals surface area contributed by atoms with Gasteiger partial charge < -0.3 is 4.42 Å². The topological polar surface area (TPSA) is 38.4 Å². The van der Waals surface area contributed by atoms with Gasteiger partial charge in [0.2, 0.25) is 0 Å². The zero-order valence-electron chi connectivity index (χ0n) is 26.1. The van der Waals surface area contributed by atoms with Crippen LogP contribution in [0.2, 0.25) is 0 Å². The highest BCUT2D eigenvalue weighted by Crippen LogP contribution is 2.42. The number of nitrogens with zero attached hydrogens (tertiary/aromatic N) is 2. The van der Waals surface area contributed by atoms with Crippen LogP contribution in [-0.4, -0.2) is 11.7 Å². The molecule has 0 amide bonds. The van der Waals surface area contributed by atoms with Crippen molar-refractivity contribution in [3.05, 3.63) is 157 Å². The molecule has 1 aliphatic rings. The SMILES string of the molecule is C=N/C=C(\C=C/C)c1cc(-c2cccnc2)cc(-c2ccc3c(c2)-c2cc(-c4ccc5c(c4)oc4ccccc45)ccc2CSC3)c1. The number of aromatic nitrogens is 1. The molecule has 0 radical (unpaired) electrons. The number of rotatable bonds is 6. The average Bonchev–Trinajstić information content (AvgIpc) is 3.39. The highest BCUT2D eigenvalue weighted by molar-refractivity contribution is 7.97. The van der Waals surface area contributed by atoms with Crippen molar-refractivity contribution in [1.29, 1.82) is 0 Å². The highest BCUT2D eigenvalue weighted by atomic mass is 32.2. The van der Waals surface area contributed by atoms with Crippen LogP contribution in [0.3, 0.4) is 0 Å². The van der Waals surface area contributed by atoms with Crippen LogP contribution in [-0.2, 0) is 11.5 Å². The van der Waals surface area contributed by atoms with Crippen LogP contribution in [0.25, 0.3) is 72.0 Å². The molecular formula is C43H32N2OS. The Morgan fingerprint density at radius 1 is 0.702 bits per heavy atom. The lowest BCUT2D eigenvalue weighted by Crippen LogP contribution is -1.92. The molecule has 0 atom stereocenters. The number of pyridine rings is 1. The molecule has 5 aromatic carbocycles. The molecule has 3 nitrogen and oxygen atoms in total. The number of hydrogen-bond donors (Lipinski definition) is 0. The van der Waals surface area contributed by atoms with Gasteiger partial charge in [0.15, 0.2) is 0 Å². The molecule has 47 heavy (non-hydrogen) atoms. The summed E-state index contributed by atoms with van der Waals surface area (Å²) in [5.41, 5.74) is 16.1.